The Bertz CT molecular complexity index is 662. The quantitative estimate of drug-likeness (QED) is 0.827. The summed E-state index contributed by atoms with van der Waals surface area (Å²) in [6, 6.07) is 12.1. The second-order valence-electron chi connectivity index (χ2n) is 4.47. The summed E-state index contributed by atoms with van der Waals surface area (Å²) in [5.74, 6) is -0.299. The summed E-state index contributed by atoms with van der Waals surface area (Å²) in [5.41, 5.74) is 8.34. The number of halogens is 1. The molecule has 0 bridgehead atoms. The molecule has 21 heavy (non-hydrogen) atoms. The second kappa shape index (κ2) is 6.62. The lowest BCUT2D eigenvalue weighted by atomic mass is 10.1. The third-order valence-electron chi connectivity index (χ3n) is 2.97. The molecule has 0 spiro atoms. The Labute approximate surface area is 123 Å². The molecule has 2 rings (SSSR count). The van der Waals surface area contributed by atoms with Crippen LogP contribution in [0.3, 0.4) is 0 Å². The summed E-state index contributed by atoms with van der Waals surface area (Å²) >= 11 is 0. The molecule has 0 fully saturated rings. The SMILES string of the molecule is CCOc1cc(NCc2ccc(C#N)cc2)c(N)cc1F. The molecule has 0 aromatic heterocycles. The predicted octanol–water partition coefficient (Wildman–Crippen LogP) is 3.29. The number of hydrogen-bond donors (Lipinski definition) is 2. The summed E-state index contributed by atoms with van der Waals surface area (Å²) < 4.78 is 18.8. The normalized spacial score (nSPS) is 9.95. The van der Waals surface area contributed by atoms with Gasteiger partial charge in [0.15, 0.2) is 11.6 Å². The Morgan fingerprint density at radius 1 is 1.29 bits per heavy atom. The van der Waals surface area contributed by atoms with E-state index in [1.54, 1.807) is 25.1 Å². The zero-order valence-electron chi connectivity index (χ0n) is 11.7. The van der Waals surface area contributed by atoms with E-state index in [1.807, 2.05) is 12.1 Å². The average molecular weight is 285 g/mol. The molecule has 0 saturated carbocycles. The minimum absolute atomic E-state index is 0.175. The van der Waals surface area contributed by atoms with E-state index in [0.29, 0.717) is 30.1 Å². The molecular formula is C16H16FN3O. The molecule has 0 radical (unpaired) electrons. The van der Waals surface area contributed by atoms with Gasteiger partial charge in [-0.25, -0.2) is 4.39 Å². The molecule has 0 aliphatic carbocycles. The van der Waals surface area contributed by atoms with Crippen LogP contribution in [0.25, 0.3) is 0 Å². The number of nitrogen functional groups attached to an aromatic ring is 1. The fourth-order valence-corrected chi connectivity index (χ4v) is 1.88. The molecule has 0 aliphatic heterocycles. The molecule has 0 amide bonds. The highest BCUT2D eigenvalue weighted by Gasteiger charge is 2.08. The van der Waals surface area contributed by atoms with E-state index in [-0.39, 0.29) is 5.75 Å². The van der Waals surface area contributed by atoms with Crippen molar-refractivity contribution in [2.45, 2.75) is 13.5 Å². The number of benzene rings is 2. The number of hydrogen-bond acceptors (Lipinski definition) is 4. The van der Waals surface area contributed by atoms with Crippen LogP contribution in [0, 0.1) is 17.1 Å². The Morgan fingerprint density at radius 3 is 2.62 bits per heavy atom. The lowest BCUT2D eigenvalue weighted by Crippen LogP contribution is -2.04. The Balaban J connectivity index is 2.11. The number of nitriles is 1. The largest absolute Gasteiger partial charge is 0.491 e. The van der Waals surface area contributed by atoms with Crippen LogP contribution in [0.5, 0.6) is 5.75 Å². The number of nitrogens with one attached hydrogen (secondary N) is 1. The highest BCUT2D eigenvalue weighted by Crippen LogP contribution is 2.28. The van der Waals surface area contributed by atoms with Crippen molar-refractivity contribution in [2.24, 2.45) is 0 Å². The van der Waals surface area contributed by atoms with Gasteiger partial charge in [-0.1, -0.05) is 12.1 Å². The van der Waals surface area contributed by atoms with E-state index in [2.05, 4.69) is 11.4 Å². The fourth-order valence-electron chi connectivity index (χ4n) is 1.88. The molecule has 0 saturated heterocycles. The van der Waals surface area contributed by atoms with E-state index < -0.39 is 5.82 Å². The van der Waals surface area contributed by atoms with Crippen LogP contribution in [-0.2, 0) is 6.54 Å². The number of rotatable bonds is 5. The minimum Gasteiger partial charge on any atom is -0.491 e. The first-order chi connectivity index (χ1) is 10.1. The number of ether oxygens (including phenoxy) is 1. The van der Waals surface area contributed by atoms with Crippen LogP contribution in [-0.4, -0.2) is 6.61 Å². The van der Waals surface area contributed by atoms with Gasteiger partial charge in [-0.15, -0.1) is 0 Å². The van der Waals surface area contributed by atoms with Crippen molar-refractivity contribution < 1.29 is 9.13 Å². The maximum absolute atomic E-state index is 13.6. The molecule has 0 heterocycles. The summed E-state index contributed by atoms with van der Waals surface area (Å²) in [4.78, 5) is 0. The molecule has 3 N–H and O–H groups in total. The van der Waals surface area contributed by atoms with Crippen molar-refractivity contribution in [3.8, 4) is 11.8 Å². The fraction of sp³-hybridized carbons (Fsp3) is 0.188. The van der Waals surface area contributed by atoms with Gasteiger partial charge in [0.1, 0.15) is 0 Å². The third-order valence-corrected chi connectivity index (χ3v) is 2.97. The molecular weight excluding hydrogens is 269 g/mol. The Morgan fingerprint density at radius 2 is 2.00 bits per heavy atom. The zero-order valence-corrected chi connectivity index (χ0v) is 11.7. The maximum atomic E-state index is 13.6. The highest BCUT2D eigenvalue weighted by atomic mass is 19.1. The lowest BCUT2D eigenvalue weighted by Gasteiger charge is -2.12. The molecule has 0 unspecified atom stereocenters. The first-order valence-corrected chi connectivity index (χ1v) is 6.58. The van der Waals surface area contributed by atoms with Crippen LogP contribution in [0.4, 0.5) is 15.8 Å². The number of anilines is 2. The molecule has 2 aromatic rings. The van der Waals surface area contributed by atoms with Crippen molar-refractivity contribution >= 4 is 11.4 Å². The molecule has 2 aromatic carbocycles. The minimum atomic E-state index is -0.474. The second-order valence-corrected chi connectivity index (χ2v) is 4.47. The maximum Gasteiger partial charge on any atom is 0.167 e. The molecule has 5 heteroatoms. The van der Waals surface area contributed by atoms with Gasteiger partial charge in [-0.05, 0) is 24.6 Å². The molecule has 0 aliphatic rings. The van der Waals surface area contributed by atoms with E-state index in [4.69, 9.17) is 15.7 Å². The monoisotopic (exact) mass is 285 g/mol. The van der Waals surface area contributed by atoms with E-state index >= 15 is 0 Å². The molecule has 0 atom stereocenters. The van der Waals surface area contributed by atoms with Crippen LogP contribution < -0.4 is 15.8 Å². The van der Waals surface area contributed by atoms with Gasteiger partial charge in [0.25, 0.3) is 0 Å². The number of nitrogens with two attached hydrogens (primary N) is 1. The van der Waals surface area contributed by atoms with Crippen molar-refractivity contribution in [3.05, 3.63) is 53.3 Å². The van der Waals surface area contributed by atoms with Crippen LogP contribution in [0.2, 0.25) is 0 Å². The average Bonchev–Trinajstić information content (AvgIpc) is 2.49. The molecule has 4 nitrogen and oxygen atoms in total. The van der Waals surface area contributed by atoms with Crippen LogP contribution >= 0.6 is 0 Å². The van der Waals surface area contributed by atoms with E-state index in [9.17, 15) is 4.39 Å². The van der Waals surface area contributed by atoms with Crippen molar-refractivity contribution in [1.29, 1.82) is 5.26 Å². The third kappa shape index (κ3) is 3.63. The highest BCUT2D eigenvalue weighted by molar-refractivity contribution is 5.68. The smallest absolute Gasteiger partial charge is 0.167 e. The van der Waals surface area contributed by atoms with E-state index in [0.717, 1.165) is 5.56 Å². The summed E-state index contributed by atoms with van der Waals surface area (Å²) in [7, 11) is 0. The summed E-state index contributed by atoms with van der Waals surface area (Å²) in [6.45, 7) is 2.70. The zero-order chi connectivity index (χ0) is 15.2. The number of nitrogens with zero attached hydrogens (tertiary/aromatic N) is 1. The Kier molecular flexibility index (Phi) is 4.62. The van der Waals surface area contributed by atoms with Gasteiger partial charge in [0, 0.05) is 18.7 Å². The summed E-state index contributed by atoms with van der Waals surface area (Å²) in [6.07, 6.45) is 0. The van der Waals surface area contributed by atoms with Crippen molar-refractivity contribution in [1.82, 2.24) is 0 Å². The van der Waals surface area contributed by atoms with Crippen molar-refractivity contribution in [3.63, 3.8) is 0 Å². The van der Waals surface area contributed by atoms with Gasteiger partial charge in [-0.3, -0.25) is 0 Å². The predicted molar refractivity (Wildman–Crippen MR) is 80.5 cm³/mol. The van der Waals surface area contributed by atoms with Gasteiger partial charge in [0.05, 0.1) is 29.6 Å². The Hall–Kier alpha value is -2.74. The first kappa shape index (κ1) is 14.7. The van der Waals surface area contributed by atoms with Crippen molar-refractivity contribution in [2.75, 3.05) is 17.7 Å². The lowest BCUT2D eigenvalue weighted by molar-refractivity contribution is 0.322. The van der Waals surface area contributed by atoms with E-state index in [1.165, 1.54) is 6.07 Å². The van der Waals surface area contributed by atoms with Gasteiger partial charge in [0.2, 0.25) is 0 Å². The first-order valence-electron chi connectivity index (χ1n) is 6.58. The molecule has 108 valence electrons. The van der Waals surface area contributed by atoms with Crippen LogP contribution in [0.1, 0.15) is 18.1 Å². The van der Waals surface area contributed by atoms with Gasteiger partial charge in [-0.2, -0.15) is 5.26 Å². The standard InChI is InChI=1S/C16H16FN3O/c1-2-21-16-8-15(14(19)7-13(16)17)20-10-12-5-3-11(9-18)4-6-12/h3-8,20H,2,10,19H2,1H3. The van der Waals surface area contributed by atoms with Gasteiger partial charge < -0.3 is 15.8 Å². The topological polar surface area (TPSA) is 71.1 Å². The van der Waals surface area contributed by atoms with Gasteiger partial charge >= 0.3 is 0 Å². The van der Waals surface area contributed by atoms with Crippen LogP contribution in [0.15, 0.2) is 36.4 Å². The summed E-state index contributed by atoms with van der Waals surface area (Å²) in [5, 5.41) is 11.9.